The molecule has 0 radical (unpaired) electrons. The highest BCUT2D eigenvalue weighted by atomic mass is 32.1. The van der Waals surface area contributed by atoms with Gasteiger partial charge < -0.3 is 9.47 Å². The summed E-state index contributed by atoms with van der Waals surface area (Å²) >= 11 is 1.50. The largest absolute Gasteiger partial charge is 0.497 e. The molecule has 32 heavy (non-hydrogen) atoms. The van der Waals surface area contributed by atoms with Gasteiger partial charge in [0.15, 0.2) is 0 Å². The first-order valence-electron chi connectivity index (χ1n) is 10.2. The summed E-state index contributed by atoms with van der Waals surface area (Å²) in [5.74, 6) is 1.39. The van der Waals surface area contributed by atoms with Gasteiger partial charge in [-0.05, 0) is 30.3 Å². The second-order valence-electron chi connectivity index (χ2n) is 7.37. The molecule has 0 aliphatic rings. The van der Waals surface area contributed by atoms with E-state index in [1.165, 1.54) is 16.0 Å². The number of nitrogens with zero attached hydrogens (tertiary/aromatic N) is 3. The fraction of sp³-hybridized carbons (Fsp3) is 0.160. The SMILES string of the molecule is COc1ccc(OC)c(-c2csc3cnn(CCc4ccc5ccccc5n4)c(=O)c23)c1. The lowest BCUT2D eigenvalue weighted by molar-refractivity contribution is 0.404. The number of para-hydroxylation sites is 1. The summed E-state index contributed by atoms with van der Waals surface area (Å²) in [6.07, 6.45) is 2.37. The van der Waals surface area contributed by atoms with Gasteiger partial charge in [-0.25, -0.2) is 4.68 Å². The molecule has 0 fully saturated rings. The van der Waals surface area contributed by atoms with Crippen molar-refractivity contribution in [2.24, 2.45) is 0 Å². The smallest absolute Gasteiger partial charge is 0.276 e. The summed E-state index contributed by atoms with van der Waals surface area (Å²) in [6.45, 7) is 0.449. The van der Waals surface area contributed by atoms with E-state index >= 15 is 0 Å². The topological polar surface area (TPSA) is 66.2 Å². The van der Waals surface area contributed by atoms with E-state index in [1.54, 1.807) is 20.4 Å². The molecule has 3 aromatic heterocycles. The van der Waals surface area contributed by atoms with Gasteiger partial charge in [-0.1, -0.05) is 24.3 Å². The third-order valence-electron chi connectivity index (χ3n) is 5.51. The monoisotopic (exact) mass is 443 g/mol. The second-order valence-corrected chi connectivity index (χ2v) is 8.28. The Bertz CT molecular complexity index is 1490. The van der Waals surface area contributed by atoms with Crippen LogP contribution in [-0.2, 0) is 13.0 Å². The molecule has 0 saturated carbocycles. The Morgan fingerprint density at radius 2 is 1.88 bits per heavy atom. The Morgan fingerprint density at radius 1 is 1.00 bits per heavy atom. The predicted molar refractivity (Wildman–Crippen MR) is 128 cm³/mol. The number of ether oxygens (including phenoxy) is 2. The van der Waals surface area contributed by atoms with Crippen molar-refractivity contribution in [2.75, 3.05) is 14.2 Å². The van der Waals surface area contributed by atoms with Gasteiger partial charge in [0.1, 0.15) is 11.5 Å². The van der Waals surface area contributed by atoms with E-state index in [2.05, 4.69) is 11.2 Å². The van der Waals surface area contributed by atoms with Crippen LogP contribution in [0.2, 0.25) is 0 Å². The Labute approximate surface area is 188 Å². The first kappa shape index (κ1) is 20.2. The number of fused-ring (bicyclic) bond motifs is 2. The lowest BCUT2D eigenvalue weighted by Gasteiger charge is -2.10. The summed E-state index contributed by atoms with van der Waals surface area (Å²) in [6, 6.07) is 17.7. The maximum atomic E-state index is 13.4. The molecule has 0 aliphatic heterocycles. The van der Waals surface area contributed by atoms with Crippen molar-refractivity contribution in [3.63, 3.8) is 0 Å². The van der Waals surface area contributed by atoms with Gasteiger partial charge in [-0.15, -0.1) is 11.3 Å². The molecule has 3 heterocycles. The van der Waals surface area contributed by atoms with Crippen LogP contribution in [0, 0.1) is 0 Å². The average molecular weight is 444 g/mol. The van der Waals surface area contributed by atoms with Crippen LogP contribution in [0.4, 0.5) is 0 Å². The molecule has 160 valence electrons. The number of aromatic nitrogens is 3. The van der Waals surface area contributed by atoms with E-state index < -0.39 is 0 Å². The minimum atomic E-state index is -0.121. The van der Waals surface area contributed by atoms with Crippen LogP contribution in [0.25, 0.3) is 32.1 Å². The molecule has 5 aromatic rings. The molecular formula is C25H21N3O3S. The first-order chi connectivity index (χ1) is 15.7. The Hall–Kier alpha value is -3.71. The first-order valence-corrected chi connectivity index (χ1v) is 11.1. The predicted octanol–water partition coefficient (Wildman–Crippen LogP) is 4.93. The Kier molecular flexibility index (Phi) is 5.33. The number of benzene rings is 2. The number of rotatable bonds is 6. The molecule has 0 N–H and O–H groups in total. The minimum absolute atomic E-state index is 0.121. The standard InChI is InChI=1S/C25H21N3O3S/c1-30-18-9-10-22(31-2)19(13-18)20-15-32-23-14-26-28(25(29)24(20)23)12-11-17-8-7-16-5-3-4-6-21(16)27-17/h3-10,13-15H,11-12H2,1-2H3. The number of methoxy groups -OCH3 is 2. The van der Waals surface area contributed by atoms with Gasteiger partial charge in [0.05, 0.1) is 42.6 Å². The number of hydrogen-bond donors (Lipinski definition) is 0. The van der Waals surface area contributed by atoms with Crippen LogP contribution in [0.3, 0.4) is 0 Å². The highest BCUT2D eigenvalue weighted by Gasteiger charge is 2.17. The van der Waals surface area contributed by atoms with Crippen molar-refractivity contribution in [2.45, 2.75) is 13.0 Å². The molecular weight excluding hydrogens is 422 g/mol. The third kappa shape index (κ3) is 3.61. The third-order valence-corrected chi connectivity index (χ3v) is 6.43. The summed E-state index contributed by atoms with van der Waals surface area (Å²) in [5, 5.41) is 8.11. The van der Waals surface area contributed by atoms with E-state index in [-0.39, 0.29) is 5.56 Å². The number of pyridine rings is 1. The van der Waals surface area contributed by atoms with Crippen LogP contribution < -0.4 is 15.0 Å². The van der Waals surface area contributed by atoms with E-state index in [0.717, 1.165) is 32.4 Å². The maximum Gasteiger partial charge on any atom is 0.276 e. The molecule has 2 aromatic carbocycles. The van der Waals surface area contributed by atoms with Crippen LogP contribution in [0.5, 0.6) is 11.5 Å². The van der Waals surface area contributed by atoms with Gasteiger partial charge in [-0.2, -0.15) is 5.10 Å². The molecule has 0 saturated heterocycles. The molecule has 0 bridgehead atoms. The average Bonchev–Trinajstić information content (AvgIpc) is 3.28. The zero-order valence-corrected chi connectivity index (χ0v) is 18.6. The van der Waals surface area contributed by atoms with E-state index in [4.69, 9.17) is 14.5 Å². The van der Waals surface area contributed by atoms with Gasteiger partial charge in [0.25, 0.3) is 5.56 Å². The molecule has 7 heteroatoms. The fourth-order valence-corrected chi connectivity index (χ4v) is 4.75. The molecule has 0 amide bonds. The highest BCUT2D eigenvalue weighted by Crippen LogP contribution is 2.38. The quantitative estimate of drug-likeness (QED) is 0.372. The minimum Gasteiger partial charge on any atom is -0.497 e. The molecule has 0 unspecified atom stereocenters. The number of aryl methyl sites for hydroxylation is 2. The lowest BCUT2D eigenvalue weighted by atomic mass is 10.0. The normalized spacial score (nSPS) is 11.2. The van der Waals surface area contributed by atoms with Gasteiger partial charge in [0.2, 0.25) is 0 Å². The Balaban J connectivity index is 1.52. The van der Waals surface area contributed by atoms with Crippen molar-refractivity contribution in [3.05, 3.63) is 82.2 Å². The van der Waals surface area contributed by atoms with E-state index in [9.17, 15) is 4.79 Å². The summed E-state index contributed by atoms with van der Waals surface area (Å²) in [5.41, 5.74) is 3.41. The van der Waals surface area contributed by atoms with E-state index in [0.29, 0.717) is 29.9 Å². The van der Waals surface area contributed by atoms with Gasteiger partial charge in [0, 0.05) is 34.0 Å². The highest BCUT2D eigenvalue weighted by molar-refractivity contribution is 7.17. The van der Waals surface area contributed by atoms with Crippen molar-refractivity contribution in [1.29, 1.82) is 0 Å². The molecule has 0 aliphatic carbocycles. The summed E-state index contributed by atoms with van der Waals surface area (Å²) < 4.78 is 13.3. The molecule has 0 spiro atoms. The van der Waals surface area contributed by atoms with Gasteiger partial charge in [-0.3, -0.25) is 9.78 Å². The zero-order valence-electron chi connectivity index (χ0n) is 17.7. The van der Waals surface area contributed by atoms with Crippen LogP contribution in [-0.4, -0.2) is 29.0 Å². The Morgan fingerprint density at radius 3 is 2.72 bits per heavy atom. The second kappa shape index (κ2) is 8.43. The molecule has 6 nitrogen and oxygen atoms in total. The number of thiophene rings is 1. The van der Waals surface area contributed by atoms with Crippen molar-refractivity contribution >= 4 is 32.3 Å². The van der Waals surface area contributed by atoms with Crippen LogP contribution >= 0.6 is 11.3 Å². The van der Waals surface area contributed by atoms with Gasteiger partial charge >= 0.3 is 0 Å². The maximum absolute atomic E-state index is 13.4. The van der Waals surface area contributed by atoms with Crippen LogP contribution in [0.15, 0.2) is 71.0 Å². The molecule has 5 rings (SSSR count). The lowest BCUT2D eigenvalue weighted by Crippen LogP contribution is -2.23. The van der Waals surface area contributed by atoms with Crippen molar-refractivity contribution in [3.8, 4) is 22.6 Å². The zero-order chi connectivity index (χ0) is 22.1. The summed E-state index contributed by atoms with van der Waals surface area (Å²) in [7, 11) is 3.24. The fourth-order valence-electron chi connectivity index (χ4n) is 3.84. The van der Waals surface area contributed by atoms with Crippen LogP contribution in [0.1, 0.15) is 5.69 Å². The van der Waals surface area contributed by atoms with Crippen molar-refractivity contribution in [1.82, 2.24) is 14.8 Å². The summed E-state index contributed by atoms with van der Waals surface area (Å²) in [4.78, 5) is 18.1. The van der Waals surface area contributed by atoms with E-state index in [1.807, 2.05) is 53.9 Å². The number of hydrogen-bond acceptors (Lipinski definition) is 6. The van der Waals surface area contributed by atoms with Crippen molar-refractivity contribution < 1.29 is 9.47 Å². The molecule has 0 atom stereocenters.